The fourth-order valence-corrected chi connectivity index (χ4v) is 6.86. The Bertz CT molecular complexity index is 1750. The van der Waals surface area contributed by atoms with Crippen LogP contribution in [0.4, 0.5) is 17.2 Å². The summed E-state index contributed by atoms with van der Waals surface area (Å²) in [6.45, 7) is 0.174. The van der Waals surface area contributed by atoms with Crippen molar-refractivity contribution in [2.24, 2.45) is 0 Å². The number of hydrogen-bond donors (Lipinski definition) is 4. The Morgan fingerprint density at radius 3 is 2.36 bits per heavy atom. The van der Waals surface area contributed by atoms with Gasteiger partial charge in [-0.05, 0) is 72.5 Å². The number of hydrogen-bond acceptors (Lipinski definition) is 7. The van der Waals surface area contributed by atoms with Crippen molar-refractivity contribution >= 4 is 45.0 Å². The third kappa shape index (κ3) is 8.11. The Hall–Kier alpha value is -5.07. The maximum atomic E-state index is 13.1. The SMILES string of the molecule is O=C(Cc1cccc(Nc2ccccn2)c1)Nc1ccc(C[C@H](NC(=O)[C@@H]2CCCN2S(=O)(=O)c2ccccc2)C(=O)O)cc1. The molecule has 5 rings (SSSR count). The molecule has 2 amide bonds. The van der Waals surface area contributed by atoms with Gasteiger partial charge in [0.2, 0.25) is 21.8 Å². The van der Waals surface area contributed by atoms with Crippen LogP contribution in [0.1, 0.15) is 24.0 Å². The van der Waals surface area contributed by atoms with Gasteiger partial charge in [-0.1, -0.05) is 48.5 Å². The molecule has 1 fully saturated rings. The van der Waals surface area contributed by atoms with E-state index in [1.54, 1.807) is 48.7 Å². The zero-order chi connectivity index (χ0) is 31.8. The average Bonchev–Trinajstić information content (AvgIpc) is 3.54. The second-order valence-electron chi connectivity index (χ2n) is 10.7. The number of aliphatic carboxylic acids is 1. The number of rotatable bonds is 12. The van der Waals surface area contributed by atoms with Crippen LogP contribution in [0, 0.1) is 0 Å². The second kappa shape index (κ2) is 14.1. The zero-order valence-electron chi connectivity index (χ0n) is 24.3. The molecule has 0 unspecified atom stereocenters. The molecule has 11 nitrogen and oxygen atoms in total. The van der Waals surface area contributed by atoms with E-state index in [1.807, 2.05) is 42.5 Å². The molecule has 0 spiro atoms. The largest absolute Gasteiger partial charge is 0.480 e. The minimum Gasteiger partial charge on any atom is -0.480 e. The summed E-state index contributed by atoms with van der Waals surface area (Å²) in [5.41, 5.74) is 2.77. The minimum atomic E-state index is -3.91. The Morgan fingerprint density at radius 2 is 1.64 bits per heavy atom. The molecule has 45 heavy (non-hydrogen) atoms. The third-order valence-corrected chi connectivity index (χ3v) is 9.30. The highest BCUT2D eigenvalue weighted by Gasteiger charge is 2.40. The van der Waals surface area contributed by atoms with Crippen LogP contribution in [0.3, 0.4) is 0 Å². The topological polar surface area (TPSA) is 158 Å². The first kappa shape index (κ1) is 31.4. The van der Waals surface area contributed by atoms with Crippen LogP contribution in [0.2, 0.25) is 0 Å². The number of anilines is 3. The van der Waals surface area contributed by atoms with Crippen LogP contribution in [0.5, 0.6) is 0 Å². The van der Waals surface area contributed by atoms with Crippen LogP contribution < -0.4 is 16.0 Å². The molecule has 1 aromatic heterocycles. The van der Waals surface area contributed by atoms with E-state index < -0.39 is 34.0 Å². The van der Waals surface area contributed by atoms with Gasteiger partial charge in [0.1, 0.15) is 17.9 Å². The lowest BCUT2D eigenvalue weighted by Gasteiger charge is -2.25. The molecule has 12 heteroatoms. The van der Waals surface area contributed by atoms with Crippen molar-refractivity contribution in [2.75, 3.05) is 17.2 Å². The van der Waals surface area contributed by atoms with Gasteiger partial charge in [0.15, 0.2) is 0 Å². The molecule has 3 aromatic carbocycles. The number of nitrogens with zero attached hydrogens (tertiary/aromatic N) is 2. The van der Waals surface area contributed by atoms with E-state index >= 15 is 0 Å². The molecule has 4 N–H and O–H groups in total. The van der Waals surface area contributed by atoms with Crippen LogP contribution in [-0.4, -0.2) is 59.2 Å². The second-order valence-corrected chi connectivity index (χ2v) is 12.5. The summed E-state index contributed by atoms with van der Waals surface area (Å²) in [4.78, 5) is 42.2. The first-order chi connectivity index (χ1) is 21.7. The first-order valence-electron chi connectivity index (χ1n) is 14.4. The number of benzene rings is 3. The molecule has 1 aliphatic rings. The number of nitrogens with one attached hydrogen (secondary N) is 3. The van der Waals surface area contributed by atoms with E-state index in [9.17, 15) is 27.9 Å². The summed E-state index contributed by atoms with van der Waals surface area (Å²) in [6.07, 6.45) is 2.59. The highest BCUT2D eigenvalue weighted by molar-refractivity contribution is 7.89. The van der Waals surface area contributed by atoms with Crippen molar-refractivity contribution in [1.29, 1.82) is 0 Å². The van der Waals surface area contributed by atoms with E-state index in [-0.39, 0.29) is 30.2 Å². The van der Waals surface area contributed by atoms with Crippen molar-refractivity contribution in [3.05, 3.63) is 114 Å². The van der Waals surface area contributed by atoms with Crippen LogP contribution >= 0.6 is 0 Å². The Balaban J connectivity index is 1.16. The van der Waals surface area contributed by atoms with Crippen molar-refractivity contribution in [3.8, 4) is 0 Å². The van der Waals surface area contributed by atoms with E-state index in [2.05, 4.69) is 20.9 Å². The first-order valence-corrected chi connectivity index (χ1v) is 15.9. The molecule has 2 heterocycles. The molecule has 4 aromatic rings. The quantitative estimate of drug-likeness (QED) is 0.184. The smallest absolute Gasteiger partial charge is 0.326 e. The van der Waals surface area contributed by atoms with E-state index in [0.29, 0.717) is 29.9 Å². The fourth-order valence-electron chi connectivity index (χ4n) is 5.18. The van der Waals surface area contributed by atoms with Crippen molar-refractivity contribution in [2.45, 2.75) is 42.7 Å². The summed E-state index contributed by atoms with van der Waals surface area (Å²) in [6, 6.07) is 25.3. The minimum absolute atomic E-state index is 0.0243. The van der Waals surface area contributed by atoms with E-state index in [1.165, 1.54) is 12.1 Å². The maximum absolute atomic E-state index is 13.1. The van der Waals surface area contributed by atoms with Gasteiger partial charge in [0, 0.05) is 30.5 Å². The molecule has 1 aliphatic heterocycles. The number of amides is 2. The summed E-state index contributed by atoms with van der Waals surface area (Å²) < 4.78 is 27.4. The van der Waals surface area contributed by atoms with Crippen molar-refractivity contribution in [3.63, 3.8) is 0 Å². The molecular weight excluding hydrogens is 594 g/mol. The molecule has 232 valence electrons. The van der Waals surface area contributed by atoms with Gasteiger partial charge in [-0.25, -0.2) is 18.2 Å². The summed E-state index contributed by atoms with van der Waals surface area (Å²) in [5.74, 6) is -1.42. The molecule has 0 saturated carbocycles. The van der Waals surface area contributed by atoms with Crippen LogP contribution in [-0.2, 0) is 37.2 Å². The summed E-state index contributed by atoms with van der Waals surface area (Å²) in [5, 5.41) is 18.4. The maximum Gasteiger partial charge on any atom is 0.326 e. The number of carboxylic acid groups (broad SMARTS) is 1. The van der Waals surface area contributed by atoms with Gasteiger partial charge >= 0.3 is 5.97 Å². The van der Waals surface area contributed by atoms with Gasteiger partial charge in [0.25, 0.3) is 0 Å². The van der Waals surface area contributed by atoms with Crippen molar-refractivity contribution < 1.29 is 27.9 Å². The van der Waals surface area contributed by atoms with Crippen LogP contribution in [0.25, 0.3) is 0 Å². The molecule has 0 aliphatic carbocycles. The number of aromatic nitrogens is 1. The lowest BCUT2D eigenvalue weighted by atomic mass is 10.0. The number of carbonyl (C=O) groups excluding carboxylic acids is 2. The van der Waals surface area contributed by atoms with E-state index in [4.69, 9.17) is 0 Å². The van der Waals surface area contributed by atoms with Gasteiger partial charge in [-0.15, -0.1) is 0 Å². The Morgan fingerprint density at radius 1 is 0.889 bits per heavy atom. The Kier molecular flexibility index (Phi) is 9.86. The normalized spacial score (nSPS) is 15.6. The predicted octanol–water partition coefficient (Wildman–Crippen LogP) is 3.97. The third-order valence-electron chi connectivity index (χ3n) is 7.38. The highest BCUT2D eigenvalue weighted by atomic mass is 32.2. The lowest BCUT2D eigenvalue weighted by Crippen LogP contribution is -2.51. The molecule has 2 atom stereocenters. The summed E-state index contributed by atoms with van der Waals surface area (Å²) in [7, 11) is -3.91. The monoisotopic (exact) mass is 627 g/mol. The fraction of sp³-hybridized carbons (Fsp3) is 0.212. The lowest BCUT2D eigenvalue weighted by molar-refractivity contribution is -0.142. The standard InChI is InChI=1S/C33H33N5O6S/c39-31(22-24-8-6-9-26(20-24)35-30-13-4-5-18-34-30)36-25-16-14-23(15-17-25)21-28(33(41)42)37-32(40)29-12-7-19-38(29)45(43,44)27-10-2-1-3-11-27/h1-6,8-11,13-18,20,28-29H,7,12,19,21-22H2,(H,34,35)(H,36,39)(H,37,40)(H,41,42)/t28-,29-/m0/s1. The molecule has 0 radical (unpaired) electrons. The molecular formula is C33H33N5O6S. The highest BCUT2D eigenvalue weighted by Crippen LogP contribution is 2.26. The Labute approximate surface area is 261 Å². The number of carboxylic acids is 1. The number of pyridine rings is 1. The zero-order valence-corrected chi connectivity index (χ0v) is 25.1. The van der Waals surface area contributed by atoms with Crippen molar-refractivity contribution in [1.82, 2.24) is 14.6 Å². The average molecular weight is 628 g/mol. The van der Waals surface area contributed by atoms with Gasteiger partial charge in [-0.3, -0.25) is 9.59 Å². The molecule has 1 saturated heterocycles. The van der Waals surface area contributed by atoms with Crippen LogP contribution in [0.15, 0.2) is 108 Å². The van der Waals surface area contributed by atoms with Gasteiger partial charge in [-0.2, -0.15) is 4.31 Å². The molecule has 0 bridgehead atoms. The van der Waals surface area contributed by atoms with Gasteiger partial charge < -0.3 is 21.1 Å². The van der Waals surface area contributed by atoms with Gasteiger partial charge in [0.05, 0.1) is 11.3 Å². The van der Waals surface area contributed by atoms with E-state index in [0.717, 1.165) is 15.6 Å². The number of carbonyl (C=O) groups is 3. The number of sulfonamides is 1. The summed E-state index contributed by atoms with van der Waals surface area (Å²) >= 11 is 0. The predicted molar refractivity (Wildman–Crippen MR) is 169 cm³/mol.